The number of carbonyl (C=O) groups is 1. The molecule has 0 amide bonds. The van der Waals surface area contributed by atoms with Crippen LogP contribution in [0.25, 0.3) is 0 Å². The number of benzene rings is 2. The summed E-state index contributed by atoms with van der Waals surface area (Å²) in [6.07, 6.45) is 4.03. The highest BCUT2D eigenvalue weighted by Gasteiger charge is 2.73. The van der Waals surface area contributed by atoms with Gasteiger partial charge in [-0.2, -0.15) is 0 Å². The lowest BCUT2D eigenvalue weighted by Crippen LogP contribution is -2.57. The highest BCUT2D eigenvalue weighted by Crippen LogP contribution is 2.65. The van der Waals surface area contributed by atoms with Crippen molar-refractivity contribution in [3.8, 4) is 0 Å². The number of rotatable bonds is 7. The molecule has 7 atom stereocenters. The maximum atomic E-state index is 12.7. The Morgan fingerprint density at radius 1 is 0.919 bits per heavy atom. The fourth-order valence-electron chi connectivity index (χ4n) is 7.94. The Hall–Kier alpha value is -2.31. The lowest BCUT2D eigenvalue weighted by molar-refractivity contribution is -0.139. The van der Waals surface area contributed by atoms with Crippen LogP contribution in [0.15, 0.2) is 71.8 Å². The van der Waals surface area contributed by atoms with Crippen LogP contribution in [0.3, 0.4) is 0 Å². The Balaban J connectivity index is 1.40. The summed E-state index contributed by atoms with van der Waals surface area (Å²) in [6.45, 7) is 5.35. The second-order valence-corrected chi connectivity index (χ2v) is 11.9. The van der Waals surface area contributed by atoms with Gasteiger partial charge < -0.3 is 24.1 Å². The number of aliphatic hydroxyl groups excluding tert-OH is 1. The van der Waals surface area contributed by atoms with E-state index in [9.17, 15) is 9.90 Å². The van der Waals surface area contributed by atoms with Crippen LogP contribution >= 0.6 is 0 Å². The van der Waals surface area contributed by atoms with E-state index >= 15 is 0 Å². The van der Waals surface area contributed by atoms with Gasteiger partial charge in [0, 0.05) is 12.3 Å². The van der Waals surface area contributed by atoms with E-state index in [1.54, 1.807) is 0 Å². The van der Waals surface area contributed by atoms with Crippen molar-refractivity contribution in [1.82, 2.24) is 0 Å². The maximum Gasteiger partial charge on any atom is 0.126 e. The Morgan fingerprint density at radius 3 is 2.14 bits per heavy atom. The first-order chi connectivity index (χ1) is 18.0. The van der Waals surface area contributed by atoms with Crippen LogP contribution in [0.1, 0.15) is 57.1 Å². The van der Waals surface area contributed by atoms with E-state index in [0.717, 1.165) is 54.2 Å². The molecule has 2 bridgehead atoms. The third-order valence-corrected chi connectivity index (χ3v) is 9.41. The van der Waals surface area contributed by atoms with Crippen molar-refractivity contribution in [2.24, 2.45) is 17.3 Å². The summed E-state index contributed by atoms with van der Waals surface area (Å²) >= 11 is 0. The molecule has 6 rings (SSSR count). The molecule has 0 saturated carbocycles. The molecule has 2 aromatic carbocycles. The van der Waals surface area contributed by atoms with Gasteiger partial charge in [-0.05, 0) is 53.4 Å². The Bertz CT molecular complexity index is 1140. The molecule has 196 valence electrons. The van der Waals surface area contributed by atoms with Gasteiger partial charge in [0.05, 0.1) is 37.4 Å². The zero-order chi connectivity index (χ0) is 25.6. The van der Waals surface area contributed by atoms with Crippen LogP contribution in [-0.4, -0.2) is 41.4 Å². The van der Waals surface area contributed by atoms with Gasteiger partial charge in [-0.3, -0.25) is 0 Å². The topological polar surface area (TPSA) is 65.0 Å². The number of ether oxygens (including phenoxy) is 3. The average molecular weight is 503 g/mol. The molecule has 2 aromatic rings. The SMILES string of the molecule is CC1(C)[C@H]2O[C@@]3(C[C@H]2OCc2ccccc2)[C@@H](OCc2ccccc2)C2=C(CCCC2)C(O)C(C=O)[C@@H]13. The van der Waals surface area contributed by atoms with E-state index in [1.165, 1.54) is 0 Å². The van der Waals surface area contributed by atoms with Crippen molar-refractivity contribution in [2.75, 3.05) is 0 Å². The fourth-order valence-corrected chi connectivity index (χ4v) is 7.94. The van der Waals surface area contributed by atoms with E-state index in [2.05, 4.69) is 38.1 Å². The molecule has 5 nitrogen and oxygen atoms in total. The maximum absolute atomic E-state index is 12.7. The predicted octanol–water partition coefficient (Wildman–Crippen LogP) is 5.40. The molecule has 1 spiro atoms. The lowest BCUT2D eigenvalue weighted by Gasteiger charge is -2.48. The summed E-state index contributed by atoms with van der Waals surface area (Å²) < 4.78 is 20.4. The van der Waals surface area contributed by atoms with Crippen LogP contribution in [-0.2, 0) is 32.2 Å². The molecule has 37 heavy (non-hydrogen) atoms. The Morgan fingerprint density at radius 2 is 1.51 bits per heavy atom. The molecular weight excluding hydrogens is 464 g/mol. The third kappa shape index (κ3) is 4.11. The summed E-state index contributed by atoms with van der Waals surface area (Å²) in [5.74, 6) is -0.691. The minimum atomic E-state index is -0.786. The van der Waals surface area contributed by atoms with Gasteiger partial charge in [0.25, 0.3) is 0 Å². The van der Waals surface area contributed by atoms with Crippen LogP contribution in [0, 0.1) is 17.3 Å². The summed E-state index contributed by atoms with van der Waals surface area (Å²) in [7, 11) is 0. The molecule has 2 unspecified atom stereocenters. The van der Waals surface area contributed by atoms with Crippen molar-refractivity contribution < 1.29 is 24.1 Å². The van der Waals surface area contributed by atoms with Gasteiger partial charge in [0.15, 0.2) is 0 Å². The first-order valence-corrected chi connectivity index (χ1v) is 13.8. The van der Waals surface area contributed by atoms with Crippen molar-refractivity contribution in [2.45, 2.75) is 89.2 Å². The largest absolute Gasteiger partial charge is 0.388 e. The van der Waals surface area contributed by atoms with Crippen molar-refractivity contribution in [3.05, 3.63) is 82.9 Å². The third-order valence-electron chi connectivity index (χ3n) is 9.41. The molecule has 2 aliphatic carbocycles. The first-order valence-electron chi connectivity index (χ1n) is 13.8. The molecule has 4 aliphatic rings. The standard InChI is InChI=1S/C32H38O5/c1-31(2)28-25(18-33)27(34)23-15-9-10-16-24(23)29(36-20-22-13-7-4-8-14-22)32(28)17-26(30(31)37-32)35-19-21-11-5-3-6-12-21/h3-8,11-14,18,25-30,34H,9-10,15-17,19-20H2,1-2H3/t25?,26-,27?,28+,29+,30+,32-/m1/s1. The van der Waals surface area contributed by atoms with Gasteiger partial charge in [0.2, 0.25) is 0 Å². The molecule has 5 heteroatoms. The van der Waals surface area contributed by atoms with Gasteiger partial charge in [-0.1, -0.05) is 74.5 Å². The zero-order valence-corrected chi connectivity index (χ0v) is 21.8. The molecule has 2 saturated heterocycles. The first kappa shape index (κ1) is 25.0. The van der Waals surface area contributed by atoms with Gasteiger partial charge in [0.1, 0.15) is 18.0 Å². The van der Waals surface area contributed by atoms with Crippen molar-refractivity contribution in [1.29, 1.82) is 0 Å². The highest BCUT2D eigenvalue weighted by molar-refractivity contribution is 5.59. The van der Waals surface area contributed by atoms with Crippen LogP contribution in [0.4, 0.5) is 0 Å². The predicted molar refractivity (Wildman–Crippen MR) is 141 cm³/mol. The smallest absolute Gasteiger partial charge is 0.126 e. The highest BCUT2D eigenvalue weighted by atomic mass is 16.6. The quantitative estimate of drug-likeness (QED) is 0.406. The fraction of sp³-hybridized carbons (Fsp3) is 0.531. The monoisotopic (exact) mass is 502 g/mol. The summed E-state index contributed by atoms with van der Waals surface area (Å²) in [6, 6.07) is 20.4. The van der Waals surface area contributed by atoms with E-state index in [0.29, 0.717) is 19.6 Å². The van der Waals surface area contributed by atoms with Crippen molar-refractivity contribution in [3.63, 3.8) is 0 Å². The van der Waals surface area contributed by atoms with Crippen LogP contribution in [0.2, 0.25) is 0 Å². The summed E-state index contributed by atoms with van der Waals surface area (Å²) in [5, 5.41) is 11.6. The molecular formula is C32H38O5. The number of hydrogen-bond donors (Lipinski definition) is 1. The Kier molecular flexibility index (Phi) is 6.60. The number of fused-ring (bicyclic) bond motifs is 1. The molecule has 2 aliphatic heterocycles. The molecule has 0 aromatic heterocycles. The molecule has 2 heterocycles. The van der Waals surface area contributed by atoms with Crippen LogP contribution in [0.5, 0.6) is 0 Å². The van der Waals surface area contributed by atoms with E-state index in [1.807, 2.05) is 36.4 Å². The molecule has 1 N–H and O–H groups in total. The average Bonchev–Trinajstić information content (AvgIpc) is 3.38. The number of aliphatic hydroxyl groups is 1. The Labute approximate surface area is 219 Å². The van der Waals surface area contributed by atoms with Gasteiger partial charge >= 0.3 is 0 Å². The normalized spacial score (nSPS) is 36.1. The molecule has 0 radical (unpaired) electrons. The van der Waals surface area contributed by atoms with Gasteiger partial charge in [-0.25, -0.2) is 0 Å². The molecule has 2 fully saturated rings. The second kappa shape index (κ2) is 9.77. The second-order valence-electron chi connectivity index (χ2n) is 11.9. The minimum Gasteiger partial charge on any atom is -0.388 e. The van der Waals surface area contributed by atoms with Gasteiger partial charge in [-0.15, -0.1) is 0 Å². The van der Waals surface area contributed by atoms with E-state index in [4.69, 9.17) is 14.2 Å². The van der Waals surface area contributed by atoms with E-state index < -0.39 is 17.6 Å². The minimum absolute atomic E-state index is 0.107. The summed E-state index contributed by atoms with van der Waals surface area (Å²) in [4.78, 5) is 12.7. The zero-order valence-electron chi connectivity index (χ0n) is 21.8. The summed E-state index contributed by atoms with van der Waals surface area (Å²) in [5.41, 5.74) is 3.32. The van der Waals surface area contributed by atoms with E-state index in [-0.39, 0.29) is 29.6 Å². The van der Waals surface area contributed by atoms with Crippen molar-refractivity contribution >= 4 is 6.29 Å². The number of aldehydes is 1. The lowest BCUT2D eigenvalue weighted by atomic mass is 9.56. The number of hydrogen-bond acceptors (Lipinski definition) is 5. The number of carbonyl (C=O) groups excluding carboxylic acids is 1. The van der Waals surface area contributed by atoms with Crippen LogP contribution < -0.4 is 0 Å².